The fourth-order valence-electron chi connectivity index (χ4n) is 2.75. The van der Waals surface area contributed by atoms with Crippen LogP contribution in [0.4, 0.5) is 0 Å². The first-order valence-electron chi connectivity index (χ1n) is 6.84. The lowest BCUT2D eigenvalue weighted by atomic mass is 10.1. The highest BCUT2D eigenvalue weighted by Gasteiger charge is 2.22. The molecule has 1 aliphatic heterocycles. The van der Waals surface area contributed by atoms with Crippen LogP contribution >= 0.6 is 0 Å². The fraction of sp³-hybridized carbons (Fsp3) is 0.600. The van der Waals surface area contributed by atoms with E-state index in [-0.39, 0.29) is 0 Å². The molecule has 100 valence electrons. The molecule has 0 aromatic heterocycles. The first kappa shape index (κ1) is 13.4. The molecule has 1 fully saturated rings. The largest absolute Gasteiger partial charge is 0.492 e. The van der Waals surface area contributed by atoms with Crippen molar-refractivity contribution in [1.29, 1.82) is 0 Å². The molecule has 0 spiro atoms. The first-order chi connectivity index (χ1) is 8.69. The Morgan fingerprint density at radius 1 is 1.28 bits per heavy atom. The van der Waals surface area contributed by atoms with E-state index in [4.69, 9.17) is 10.5 Å². The number of benzene rings is 1. The third-order valence-electron chi connectivity index (χ3n) is 3.61. The summed E-state index contributed by atoms with van der Waals surface area (Å²) in [5.41, 5.74) is 8.28. The van der Waals surface area contributed by atoms with Crippen molar-refractivity contribution in [3.05, 3.63) is 29.3 Å². The topological polar surface area (TPSA) is 38.5 Å². The third-order valence-corrected chi connectivity index (χ3v) is 3.61. The number of rotatable bonds is 5. The number of nitrogens with zero attached hydrogens (tertiary/aromatic N) is 1. The van der Waals surface area contributed by atoms with Gasteiger partial charge in [0.15, 0.2) is 0 Å². The molecule has 1 unspecified atom stereocenters. The zero-order valence-corrected chi connectivity index (χ0v) is 11.5. The van der Waals surface area contributed by atoms with Crippen molar-refractivity contribution >= 4 is 0 Å². The van der Waals surface area contributed by atoms with Crippen molar-refractivity contribution < 1.29 is 4.74 Å². The Morgan fingerprint density at radius 2 is 2.00 bits per heavy atom. The maximum Gasteiger partial charge on any atom is 0.119 e. The fourth-order valence-corrected chi connectivity index (χ4v) is 2.75. The molecule has 0 radical (unpaired) electrons. The Morgan fingerprint density at radius 3 is 2.67 bits per heavy atom. The van der Waals surface area contributed by atoms with E-state index in [1.165, 1.54) is 24.0 Å². The maximum absolute atomic E-state index is 5.84. The lowest BCUT2D eigenvalue weighted by molar-refractivity contribution is 0.199. The summed E-state index contributed by atoms with van der Waals surface area (Å²) < 4.78 is 5.84. The van der Waals surface area contributed by atoms with Crippen LogP contribution in [0.15, 0.2) is 18.2 Å². The molecule has 3 heteroatoms. The van der Waals surface area contributed by atoms with Crippen LogP contribution in [0.25, 0.3) is 0 Å². The highest BCUT2D eigenvalue weighted by molar-refractivity contribution is 5.32. The minimum atomic E-state index is 0.563. The molecule has 2 N–H and O–H groups in total. The second-order valence-corrected chi connectivity index (χ2v) is 5.24. The van der Waals surface area contributed by atoms with E-state index in [1.54, 1.807) is 0 Å². The Kier molecular flexibility index (Phi) is 4.61. The minimum absolute atomic E-state index is 0.563. The molecular formula is C15H24N2O. The van der Waals surface area contributed by atoms with Gasteiger partial charge in [0.25, 0.3) is 0 Å². The molecule has 18 heavy (non-hydrogen) atoms. The Hall–Kier alpha value is -1.06. The molecular weight excluding hydrogens is 224 g/mol. The number of hydrogen-bond acceptors (Lipinski definition) is 3. The Balaban J connectivity index is 1.81. The van der Waals surface area contributed by atoms with Crippen molar-refractivity contribution in [2.24, 2.45) is 5.73 Å². The average molecular weight is 248 g/mol. The van der Waals surface area contributed by atoms with E-state index in [0.29, 0.717) is 6.04 Å². The van der Waals surface area contributed by atoms with Gasteiger partial charge in [0.05, 0.1) is 0 Å². The summed E-state index contributed by atoms with van der Waals surface area (Å²) in [6, 6.07) is 6.92. The van der Waals surface area contributed by atoms with E-state index in [1.807, 2.05) is 0 Å². The smallest absolute Gasteiger partial charge is 0.119 e. The molecule has 0 amide bonds. The molecule has 3 nitrogen and oxygen atoms in total. The van der Waals surface area contributed by atoms with Gasteiger partial charge in [-0.15, -0.1) is 0 Å². The summed E-state index contributed by atoms with van der Waals surface area (Å²) >= 11 is 0. The van der Waals surface area contributed by atoms with Gasteiger partial charge in [-0.05, 0) is 56.5 Å². The maximum atomic E-state index is 5.84. The number of likely N-dealkylation sites (tertiary alicyclic amines) is 1. The minimum Gasteiger partial charge on any atom is -0.492 e. The number of nitrogens with two attached hydrogens (primary N) is 1. The zero-order valence-electron chi connectivity index (χ0n) is 11.5. The molecule has 0 aliphatic carbocycles. The third kappa shape index (κ3) is 3.47. The van der Waals surface area contributed by atoms with E-state index < -0.39 is 0 Å². The highest BCUT2D eigenvalue weighted by Crippen LogP contribution is 2.18. The van der Waals surface area contributed by atoms with Crippen LogP contribution in [-0.4, -0.2) is 37.2 Å². The number of aryl methyl sites for hydroxylation is 2. The number of ether oxygens (including phenoxy) is 1. The van der Waals surface area contributed by atoms with Gasteiger partial charge in [0, 0.05) is 19.1 Å². The summed E-state index contributed by atoms with van der Waals surface area (Å²) in [5, 5.41) is 0. The van der Waals surface area contributed by atoms with Crippen LogP contribution in [0.3, 0.4) is 0 Å². The van der Waals surface area contributed by atoms with Crippen molar-refractivity contribution in [3.8, 4) is 5.75 Å². The lowest BCUT2D eigenvalue weighted by Crippen LogP contribution is -2.37. The van der Waals surface area contributed by atoms with Crippen LogP contribution in [0, 0.1) is 13.8 Å². The summed E-state index contributed by atoms with van der Waals surface area (Å²) in [6.07, 6.45) is 2.51. The quantitative estimate of drug-likeness (QED) is 0.867. The van der Waals surface area contributed by atoms with Crippen LogP contribution in [-0.2, 0) is 0 Å². The van der Waals surface area contributed by atoms with Crippen molar-refractivity contribution in [2.45, 2.75) is 32.7 Å². The molecule has 1 aliphatic rings. The number of hydrogen-bond donors (Lipinski definition) is 1. The lowest BCUT2D eigenvalue weighted by Gasteiger charge is -2.23. The van der Waals surface area contributed by atoms with Crippen LogP contribution in [0.2, 0.25) is 0 Å². The highest BCUT2D eigenvalue weighted by atomic mass is 16.5. The van der Waals surface area contributed by atoms with Crippen LogP contribution in [0.5, 0.6) is 5.75 Å². The SMILES string of the molecule is Cc1cc(C)cc(OCCN2CCCC2CN)c1. The first-order valence-corrected chi connectivity index (χ1v) is 6.84. The van der Waals surface area contributed by atoms with Crippen molar-refractivity contribution in [3.63, 3.8) is 0 Å². The molecule has 0 saturated carbocycles. The van der Waals surface area contributed by atoms with E-state index >= 15 is 0 Å². The van der Waals surface area contributed by atoms with E-state index in [0.717, 1.165) is 32.0 Å². The normalized spacial score (nSPS) is 20.3. The summed E-state index contributed by atoms with van der Waals surface area (Å²) in [4.78, 5) is 2.45. The zero-order chi connectivity index (χ0) is 13.0. The van der Waals surface area contributed by atoms with Gasteiger partial charge in [0.1, 0.15) is 12.4 Å². The van der Waals surface area contributed by atoms with Crippen LogP contribution < -0.4 is 10.5 Å². The summed E-state index contributed by atoms with van der Waals surface area (Å²) in [7, 11) is 0. The monoisotopic (exact) mass is 248 g/mol. The predicted octanol–water partition coefficient (Wildman–Crippen LogP) is 2.11. The van der Waals surface area contributed by atoms with Gasteiger partial charge in [-0.1, -0.05) is 6.07 Å². The molecule has 1 aromatic carbocycles. The standard InChI is InChI=1S/C15H24N2O/c1-12-8-13(2)10-15(9-12)18-7-6-17-5-3-4-14(17)11-16/h8-10,14H,3-7,11,16H2,1-2H3. The Labute approximate surface area is 110 Å². The van der Waals surface area contributed by atoms with Gasteiger partial charge >= 0.3 is 0 Å². The van der Waals surface area contributed by atoms with E-state index in [2.05, 4.69) is 36.9 Å². The van der Waals surface area contributed by atoms with Crippen molar-refractivity contribution in [2.75, 3.05) is 26.2 Å². The van der Waals surface area contributed by atoms with Gasteiger partial charge in [0.2, 0.25) is 0 Å². The second-order valence-electron chi connectivity index (χ2n) is 5.24. The Bertz CT molecular complexity index is 372. The summed E-state index contributed by atoms with van der Waals surface area (Å²) in [5.74, 6) is 0.982. The molecule has 1 heterocycles. The van der Waals surface area contributed by atoms with Gasteiger partial charge in [-0.25, -0.2) is 0 Å². The second kappa shape index (κ2) is 6.21. The molecule has 1 aromatic rings. The van der Waals surface area contributed by atoms with Gasteiger partial charge < -0.3 is 10.5 Å². The van der Waals surface area contributed by atoms with Crippen molar-refractivity contribution in [1.82, 2.24) is 4.90 Å². The summed E-state index contributed by atoms with van der Waals surface area (Å²) in [6.45, 7) is 7.87. The predicted molar refractivity (Wildman–Crippen MR) is 75.1 cm³/mol. The molecule has 2 rings (SSSR count). The average Bonchev–Trinajstić information content (AvgIpc) is 2.75. The molecule has 1 atom stereocenters. The molecule has 1 saturated heterocycles. The van der Waals surface area contributed by atoms with Crippen LogP contribution in [0.1, 0.15) is 24.0 Å². The van der Waals surface area contributed by atoms with E-state index in [9.17, 15) is 0 Å². The molecule has 0 bridgehead atoms. The van der Waals surface area contributed by atoms with Gasteiger partial charge in [-0.3, -0.25) is 4.90 Å². The van der Waals surface area contributed by atoms with Gasteiger partial charge in [-0.2, -0.15) is 0 Å².